The molecule has 2 rings (SSSR count). The van der Waals surface area contributed by atoms with E-state index in [1.54, 1.807) is 13.8 Å². The lowest BCUT2D eigenvalue weighted by molar-refractivity contribution is -0.244. The smallest absolute Gasteiger partial charge is 0.196 e. The normalized spacial score (nSPS) is 47.6. The first-order valence-electron chi connectivity index (χ1n) is 10.2. The number of carbonyl (C=O) groups excluding carboxylic acids is 2. The van der Waals surface area contributed by atoms with E-state index in [2.05, 4.69) is 0 Å². The monoisotopic (exact) mass is 396 g/mol. The van der Waals surface area contributed by atoms with Crippen molar-refractivity contribution in [2.45, 2.75) is 77.6 Å². The largest absolute Gasteiger partial charge is 0.504 e. The summed E-state index contributed by atoms with van der Waals surface area (Å²) in [6.45, 7) is 10.5. The van der Waals surface area contributed by atoms with Crippen LogP contribution in [0.5, 0.6) is 0 Å². The van der Waals surface area contributed by atoms with Crippen molar-refractivity contribution in [3.05, 3.63) is 12.3 Å². The summed E-state index contributed by atoms with van der Waals surface area (Å²) in [6.07, 6.45) is 3.44. The Morgan fingerprint density at radius 1 is 1.29 bits per heavy atom. The highest BCUT2D eigenvalue weighted by molar-refractivity contribution is 6.02. The zero-order valence-electron chi connectivity index (χ0n) is 18.2. The number of hydrogen-bond acceptors (Lipinski definition) is 6. The number of ketones is 2. The van der Waals surface area contributed by atoms with Crippen molar-refractivity contribution in [3.8, 4) is 0 Å². The number of allylic oxidation sites excluding steroid dienone is 1. The molecule has 1 unspecified atom stereocenters. The van der Waals surface area contributed by atoms with Gasteiger partial charge in [0.1, 0.15) is 11.2 Å². The molecular weight excluding hydrogens is 360 g/mol. The van der Waals surface area contributed by atoms with Gasteiger partial charge in [-0.15, -0.1) is 0 Å². The van der Waals surface area contributed by atoms with Gasteiger partial charge < -0.3 is 20.1 Å². The number of methoxy groups -OCH3 is 1. The van der Waals surface area contributed by atoms with Crippen LogP contribution in [0.4, 0.5) is 0 Å². The summed E-state index contributed by atoms with van der Waals surface area (Å²) in [7, 11) is 1.44. The topological polar surface area (TPSA) is 104 Å². The third kappa shape index (κ3) is 3.23. The highest BCUT2D eigenvalue weighted by Crippen LogP contribution is 2.62. The van der Waals surface area contributed by atoms with Crippen LogP contribution in [0.1, 0.15) is 60.8 Å². The van der Waals surface area contributed by atoms with Crippen molar-refractivity contribution < 1.29 is 29.6 Å². The lowest BCUT2D eigenvalue weighted by Crippen LogP contribution is -2.76. The second-order valence-corrected chi connectivity index (χ2v) is 9.78. The van der Waals surface area contributed by atoms with Crippen molar-refractivity contribution in [3.63, 3.8) is 0 Å². The zero-order chi connectivity index (χ0) is 21.7. The second kappa shape index (κ2) is 7.22. The Morgan fingerprint density at radius 3 is 2.36 bits per heavy atom. The Labute approximate surface area is 168 Å². The van der Waals surface area contributed by atoms with Gasteiger partial charge in [0, 0.05) is 29.7 Å². The molecule has 6 heteroatoms. The van der Waals surface area contributed by atoms with E-state index in [1.807, 2.05) is 20.8 Å². The average Bonchev–Trinajstić information content (AvgIpc) is 2.55. The predicted molar refractivity (Wildman–Crippen MR) is 105 cm³/mol. The summed E-state index contributed by atoms with van der Waals surface area (Å²) in [5, 5.41) is 33.7. The molecule has 0 saturated heterocycles. The number of ether oxygens (including phenoxy) is 1. The van der Waals surface area contributed by atoms with E-state index >= 15 is 0 Å². The molecular formula is C22H36O6. The number of aliphatic hydroxyl groups is 3. The average molecular weight is 397 g/mol. The molecule has 2 saturated carbocycles. The minimum absolute atomic E-state index is 0.136. The maximum absolute atomic E-state index is 13.4. The van der Waals surface area contributed by atoms with E-state index in [4.69, 9.17) is 4.74 Å². The van der Waals surface area contributed by atoms with Crippen molar-refractivity contribution in [2.24, 2.45) is 29.1 Å². The number of Topliss-reactive ketones (excluding diaryl/α,β-unsaturated/α-hetero) is 1. The fourth-order valence-corrected chi connectivity index (χ4v) is 6.71. The minimum Gasteiger partial charge on any atom is -0.504 e. The van der Waals surface area contributed by atoms with Crippen LogP contribution >= 0.6 is 0 Å². The summed E-state index contributed by atoms with van der Waals surface area (Å²) in [6, 6.07) is 0. The Kier molecular flexibility index (Phi) is 5.94. The lowest BCUT2D eigenvalue weighted by atomic mass is 9.41. The van der Waals surface area contributed by atoms with Gasteiger partial charge in [-0.05, 0) is 32.1 Å². The molecule has 0 aromatic carbocycles. The van der Waals surface area contributed by atoms with Gasteiger partial charge in [0.25, 0.3) is 0 Å². The van der Waals surface area contributed by atoms with Gasteiger partial charge in [-0.3, -0.25) is 9.59 Å². The number of carbonyl (C=O) groups is 2. The molecule has 28 heavy (non-hydrogen) atoms. The summed E-state index contributed by atoms with van der Waals surface area (Å²) < 4.78 is 4.93. The molecule has 2 aliphatic carbocycles. The van der Waals surface area contributed by atoms with Crippen LogP contribution in [-0.4, -0.2) is 50.8 Å². The SMILES string of the molecule is CCC(C)[C@@H]1[C@@](C)(C(=O)/C=C/OC)[C@H]2[C@H](C)C[C@@](C)(O)C[C@]2(O)C(=O)[C@@]1(C)O. The van der Waals surface area contributed by atoms with E-state index < -0.39 is 39.8 Å². The van der Waals surface area contributed by atoms with Crippen molar-refractivity contribution in [1.29, 1.82) is 0 Å². The molecule has 8 atom stereocenters. The molecule has 0 heterocycles. The van der Waals surface area contributed by atoms with E-state index in [-0.39, 0.29) is 24.0 Å². The molecule has 0 aromatic rings. The molecule has 0 aliphatic heterocycles. The second-order valence-electron chi connectivity index (χ2n) is 9.78. The summed E-state index contributed by atoms with van der Waals surface area (Å²) in [4.78, 5) is 26.9. The van der Waals surface area contributed by atoms with Crippen LogP contribution in [0.3, 0.4) is 0 Å². The third-order valence-electron chi connectivity index (χ3n) is 7.35. The van der Waals surface area contributed by atoms with Crippen LogP contribution in [0, 0.1) is 29.1 Å². The number of rotatable bonds is 5. The van der Waals surface area contributed by atoms with E-state index in [0.29, 0.717) is 12.8 Å². The van der Waals surface area contributed by atoms with Gasteiger partial charge in [-0.1, -0.05) is 34.1 Å². The fourth-order valence-electron chi connectivity index (χ4n) is 6.71. The Balaban J connectivity index is 2.79. The van der Waals surface area contributed by atoms with E-state index in [0.717, 1.165) is 0 Å². The molecule has 0 spiro atoms. The summed E-state index contributed by atoms with van der Waals surface area (Å²) >= 11 is 0. The first-order valence-corrected chi connectivity index (χ1v) is 10.2. The molecule has 0 bridgehead atoms. The number of hydrogen-bond donors (Lipinski definition) is 3. The maximum atomic E-state index is 13.4. The summed E-state index contributed by atoms with van der Waals surface area (Å²) in [5.74, 6) is -2.82. The molecule has 3 N–H and O–H groups in total. The Bertz CT molecular complexity index is 666. The van der Waals surface area contributed by atoms with Crippen LogP contribution in [0.25, 0.3) is 0 Å². The van der Waals surface area contributed by atoms with Gasteiger partial charge >= 0.3 is 0 Å². The van der Waals surface area contributed by atoms with Gasteiger partial charge in [0.05, 0.1) is 19.0 Å². The molecule has 2 fully saturated rings. The van der Waals surface area contributed by atoms with E-state index in [9.17, 15) is 24.9 Å². The van der Waals surface area contributed by atoms with Gasteiger partial charge in [0.15, 0.2) is 11.6 Å². The fraction of sp³-hybridized carbons (Fsp3) is 0.818. The predicted octanol–water partition coefficient (Wildman–Crippen LogP) is 2.25. The van der Waals surface area contributed by atoms with Crippen LogP contribution in [0.2, 0.25) is 0 Å². The summed E-state index contributed by atoms with van der Waals surface area (Å²) in [5.41, 5.74) is -6.35. The quantitative estimate of drug-likeness (QED) is 0.486. The molecule has 6 nitrogen and oxygen atoms in total. The minimum atomic E-state index is -1.99. The van der Waals surface area contributed by atoms with Gasteiger partial charge in [-0.25, -0.2) is 0 Å². The third-order valence-corrected chi connectivity index (χ3v) is 7.35. The van der Waals surface area contributed by atoms with Gasteiger partial charge in [-0.2, -0.15) is 0 Å². The van der Waals surface area contributed by atoms with Gasteiger partial charge in [0.2, 0.25) is 0 Å². The van der Waals surface area contributed by atoms with E-state index in [1.165, 1.54) is 26.4 Å². The standard InChI is InChI=1S/C22H36O6/c1-8-13(2)16-20(5,15(23)9-10-28-7)17-14(3)11-19(4,25)12-22(17,27)18(24)21(16,6)26/h9-10,13-14,16-17,25-27H,8,11-12H2,1-7H3/b10-9+/t13?,14-,16-,17-,19-,20-,21+,22-/m1/s1. The molecule has 0 radical (unpaired) electrons. The van der Waals surface area contributed by atoms with Crippen LogP contribution in [0.15, 0.2) is 12.3 Å². The van der Waals surface area contributed by atoms with Crippen molar-refractivity contribution in [2.75, 3.05) is 7.11 Å². The molecule has 160 valence electrons. The Hall–Kier alpha value is -1.24. The number of fused-ring (bicyclic) bond motifs is 1. The highest BCUT2D eigenvalue weighted by atomic mass is 16.5. The van der Waals surface area contributed by atoms with Crippen LogP contribution in [-0.2, 0) is 14.3 Å². The zero-order valence-corrected chi connectivity index (χ0v) is 18.2. The van der Waals surface area contributed by atoms with Crippen molar-refractivity contribution in [1.82, 2.24) is 0 Å². The lowest BCUT2D eigenvalue weighted by Gasteiger charge is -2.64. The maximum Gasteiger partial charge on any atom is 0.196 e. The molecule has 0 aromatic heterocycles. The van der Waals surface area contributed by atoms with Crippen molar-refractivity contribution >= 4 is 11.6 Å². The van der Waals surface area contributed by atoms with Crippen LogP contribution < -0.4 is 0 Å². The molecule has 0 amide bonds. The Morgan fingerprint density at radius 2 is 1.86 bits per heavy atom. The highest BCUT2D eigenvalue weighted by Gasteiger charge is 2.73. The molecule has 2 aliphatic rings. The first-order chi connectivity index (χ1) is 12.7. The first kappa shape index (κ1) is 23.0.